The summed E-state index contributed by atoms with van der Waals surface area (Å²) in [7, 11) is 0. The minimum Gasteiger partial charge on any atom is -0.403 e. The Hall–Kier alpha value is -4.81. The number of amides is 1. The maximum Gasteiger partial charge on any atom is 0.573 e. The van der Waals surface area contributed by atoms with E-state index < -0.39 is 29.4 Å². The number of Topliss-reactive ketones (excluding diaryl/α,β-unsaturated/α-hetero) is 1. The van der Waals surface area contributed by atoms with E-state index in [1.807, 2.05) is 4.90 Å². The molecular formula is C31H26F5N5O3. The van der Waals surface area contributed by atoms with Gasteiger partial charge in [0.25, 0.3) is 5.91 Å². The molecule has 0 radical (unpaired) electrons. The molecular weight excluding hydrogens is 585 g/mol. The van der Waals surface area contributed by atoms with Crippen molar-refractivity contribution in [3.05, 3.63) is 89.9 Å². The molecule has 228 valence electrons. The van der Waals surface area contributed by atoms with E-state index in [1.165, 1.54) is 29.1 Å². The zero-order valence-corrected chi connectivity index (χ0v) is 23.4. The molecule has 2 aromatic heterocycles. The number of hydrogen-bond donors (Lipinski definition) is 0. The number of halogens is 5. The third-order valence-electron chi connectivity index (χ3n) is 8.20. The van der Waals surface area contributed by atoms with Crippen molar-refractivity contribution in [2.75, 3.05) is 24.5 Å². The fourth-order valence-corrected chi connectivity index (χ4v) is 6.01. The van der Waals surface area contributed by atoms with Crippen LogP contribution in [0.1, 0.15) is 35.3 Å². The fraction of sp³-hybridized carbons (Fsp3) is 0.290. The van der Waals surface area contributed by atoms with Gasteiger partial charge in [-0.1, -0.05) is 0 Å². The number of aryl methyl sites for hydroxylation is 1. The van der Waals surface area contributed by atoms with Crippen LogP contribution in [0.25, 0.3) is 16.9 Å². The van der Waals surface area contributed by atoms with Gasteiger partial charge in [0.15, 0.2) is 23.0 Å². The Labute approximate surface area is 248 Å². The van der Waals surface area contributed by atoms with Crippen LogP contribution >= 0.6 is 0 Å². The molecule has 0 N–H and O–H groups in total. The van der Waals surface area contributed by atoms with Gasteiger partial charge in [-0.2, -0.15) is 5.10 Å². The van der Waals surface area contributed by atoms with Crippen molar-refractivity contribution >= 4 is 17.4 Å². The number of piperidine rings is 1. The molecule has 4 heterocycles. The predicted octanol–water partition coefficient (Wildman–Crippen LogP) is 5.87. The first-order valence-corrected chi connectivity index (χ1v) is 13.9. The lowest BCUT2D eigenvalue weighted by Crippen LogP contribution is -2.56. The molecule has 2 fully saturated rings. The summed E-state index contributed by atoms with van der Waals surface area (Å²) in [5, 5.41) is 4.42. The number of carbonyl (C=O) groups excluding carboxylic acids is 2. The first kappa shape index (κ1) is 29.3. The summed E-state index contributed by atoms with van der Waals surface area (Å²) in [4.78, 5) is 34.6. The lowest BCUT2D eigenvalue weighted by molar-refractivity contribution is -0.275. The fourth-order valence-electron chi connectivity index (χ4n) is 6.01. The predicted molar refractivity (Wildman–Crippen MR) is 149 cm³/mol. The second kappa shape index (κ2) is 11.0. The quantitative estimate of drug-likeness (QED) is 0.263. The molecule has 2 saturated heterocycles. The van der Waals surface area contributed by atoms with E-state index in [9.17, 15) is 31.5 Å². The Bertz CT molecular complexity index is 1730. The van der Waals surface area contributed by atoms with Gasteiger partial charge in [0.2, 0.25) is 0 Å². The average molecular weight is 612 g/mol. The monoisotopic (exact) mass is 611 g/mol. The molecule has 2 aromatic carbocycles. The zero-order chi connectivity index (χ0) is 31.2. The summed E-state index contributed by atoms with van der Waals surface area (Å²) >= 11 is 0. The highest BCUT2D eigenvalue weighted by Gasteiger charge is 2.50. The Morgan fingerprint density at radius 3 is 2.36 bits per heavy atom. The van der Waals surface area contributed by atoms with Gasteiger partial charge < -0.3 is 14.5 Å². The summed E-state index contributed by atoms with van der Waals surface area (Å²) in [5.41, 5.74) is 1.42. The number of benzene rings is 2. The molecule has 0 aliphatic carbocycles. The molecule has 8 nitrogen and oxygen atoms in total. The number of ketones is 1. The summed E-state index contributed by atoms with van der Waals surface area (Å²) in [6, 6.07) is 12.5. The van der Waals surface area contributed by atoms with E-state index in [0.717, 1.165) is 17.8 Å². The van der Waals surface area contributed by atoms with Crippen molar-refractivity contribution in [1.82, 2.24) is 19.7 Å². The van der Waals surface area contributed by atoms with E-state index in [2.05, 4.69) is 14.8 Å². The molecule has 2 aliphatic heterocycles. The van der Waals surface area contributed by atoms with Gasteiger partial charge in [-0.15, -0.1) is 13.2 Å². The van der Waals surface area contributed by atoms with Crippen LogP contribution in [0.4, 0.5) is 27.6 Å². The largest absolute Gasteiger partial charge is 0.573 e. The van der Waals surface area contributed by atoms with Gasteiger partial charge in [-0.25, -0.2) is 13.5 Å². The third-order valence-corrected chi connectivity index (χ3v) is 8.20. The molecule has 1 spiro atoms. The van der Waals surface area contributed by atoms with Crippen molar-refractivity contribution in [3.63, 3.8) is 0 Å². The van der Waals surface area contributed by atoms with Crippen molar-refractivity contribution in [3.8, 4) is 22.7 Å². The zero-order valence-electron chi connectivity index (χ0n) is 23.4. The van der Waals surface area contributed by atoms with Gasteiger partial charge in [-0.05, 0) is 73.9 Å². The molecule has 0 saturated carbocycles. The summed E-state index contributed by atoms with van der Waals surface area (Å²) in [6.07, 6.45) is -0.913. The molecule has 1 amide bonds. The standard InChI is InChI=1S/C31H26F5N5O3/c1-19-15-21(4-6-23(19)32)40-12-8-28(42)30(40)9-13-39(14-10-30)29(43)25-17-26(20-3-2-11-37-18-20)41(38-25)22-5-7-27(24(33)16-22)44-31(34,35)36/h2-7,11,15-18H,8-10,12-14H2,1H3. The molecule has 4 aromatic rings. The average Bonchev–Trinajstić information content (AvgIpc) is 3.58. The number of ether oxygens (including phenoxy) is 1. The van der Waals surface area contributed by atoms with E-state index in [-0.39, 0.29) is 36.1 Å². The summed E-state index contributed by atoms with van der Waals surface area (Å²) in [5.74, 6) is -2.93. The van der Waals surface area contributed by atoms with Crippen molar-refractivity contribution in [2.24, 2.45) is 0 Å². The number of alkyl halides is 3. The topological polar surface area (TPSA) is 80.6 Å². The summed E-state index contributed by atoms with van der Waals surface area (Å²) < 4.78 is 71.6. The van der Waals surface area contributed by atoms with Crippen LogP contribution in [0.5, 0.6) is 5.75 Å². The van der Waals surface area contributed by atoms with Crippen LogP contribution in [0.3, 0.4) is 0 Å². The number of hydrogen-bond acceptors (Lipinski definition) is 6. The number of aromatic nitrogens is 3. The maximum atomic E-state index is 14.6. The van der Waals surface area contributed by atoms with Gasteiger partial charge in [0.05, 0.1) is 11.4 Å². The van der Waals surface area contributed by atoms with Gasteiger partial charge in [-0.3, -0.25) is 14.6 Å². The lowest BCUT2D eigenvalue weighted by Gasteiger charge is -2.44. The van der Waals surface area contributed by atoms with Gasteiger partial charge >= 0.3 is 6.36 Å². The number of anilines is 1. The first-order valence-electron chi connectivity index (χ1n) is 13.9. The second-order valence-electron chi connectivity index (χ2n) is 10.8. The van der Waals surface area contributed by atoms with Crippen molar-refractivity contribution in [2.45, 2.75) is 38.1 Å². The van der Waals surface area contributed by atoms with Crippen molar-refractivity contribution < 1.29 is 36.3 Å². The Kier molecular flexibility index (Phi) is 7.34. The lowest BCUT2D eigenvalue weighted by atomic mass is 9.83. The molecule has 2 aliphatic rings. The molecule has 0 bridgehead atoms. The molecule has 0 atom stereocenters. The molecule has 13 heteroatoms. The molecule has 6 rings (SSSR count). The van der Waals surface area contributed by atoms with E-state index >= 15 is 0 Å². The van der Waals surface area contributed by atoms with Gasteiger partial charge in [0, 0.05) is 55.8 Å². The highest BCUT2D eigenvalue weighted by Crippen LogP contribution is 2.40. The van der Waals surface area contributed by atoms with Crippen LogP contribution in [-0.2, 0) is 4.79 Å². The Morgan fingerprint density at radius 1 is 0.955 bits per heavy atom. The highest BCUT2D eigenvalue weighted by atomic mass is 19.4. The van der Waals surface area contributed by atoms with Crippen LogP contribution < -0.4 is 9.64 Å². The molecule has 44 heavy (non-hydrogen) atoms. The minimum absolute atomic E-state index is 0.0274. The highest BCUT2D eigenvalue weighted by molar-refractivity contribution is 5.97. The third kappa shape index (κ3) is 5.38. The van der Waals surface area contributed by atoms with Crippen LogP contribution in [0, 0.1) is 18.6 Å². The van der Waals surface area contributed by atoms with Crippen molar-refractivity contribution in [1.29, 1.82) is 0 Å². The van der Waals surface area contributed by atoms with Gasteiger partial charge in [0.1, 0.15) is 11.4 Å². The van der Waals surface area contributed by atoms with E-state index in [0.29, 0.717) is 42.6 Å². The number of rotatable bonds is 5. The summed E-state index contributed by atoms with van der Waals surface area (Å²) in [6.45, 7) is 2.69. The van der Waals surface area contributed by atoms with E-state index in [1.54, 1.807) is 42.3 Å². The first-order chi connectivity index (χ1) is 20.9. The van der Waals surface area contributed by atoms with E-state index in [4.69, 9.17) is 0 Å². The van der Waals surface area contributed by atoms with Crippen LogP contribution in [-0.4, -0.2) is 62.9 Å². The van der Waals surface area contributed by atoms with Crippen LogP contribution in [0.2, 0.25) is 0 Å². The second-order valence-corrected chi connectivity index (χ2v) is 10.8. The number of pyridine rings is 1. The Balaban J connectivity index is 1.27. The number of likely N-dealkylation sites (tertiary alicyclic amines) is 1. The SMILES string of the molecule is Cc1cc(N2CCC(=O)C23CCN(C(=O)c2cc(-c4cccnc4)n(-c4ccc(OC(F)(F)F)c(F)c4)n2)CC3)ccc1F. The number of carbonyl (C=O) groups is 2. The number of nitrogens with zero attached hydrogens (tertiary/aromatic N) is 5. The molecule has 0 unspecified atom stereocenters. The Morgan fingerprint density at radius 2 is 1.70 bits per heavy atom. The smallest absolute Gasteiger partial charge is 0.403 e. The maximum absolute atomic E-state index is 14.6. The minimum atomic E-state index is -5.07. The normalized spacial score (nSPS) is 16.5. The van der Waals surface area contributed by atoms with Crippen LogP contribution in [0.15, 0.2) is 67.0 Å².